The topological polar surface area (TPSA) is 46.2 Å². The van der Waals surface area contributed by atoms with Gasteiger partial charge < -0.3 is 10.8 Å². The van der Waals surface area contributed by atoms with Gasteiger partial charge >= 0.3 is 0 Å². The van der Waals surface area contributed by atoms with Crippen LogP contribution in [0, 0.1) is 18.6 Å². The lowest BCUT2D eigenvalue weighted by atomic mass is 9.88. The van der Waals surface area contributed by atoms with Crippen molar-refractivity contribution in [2.75, 3.05) is 6.54 Å². The smallest absolute Gasteiger partial charge is 0.126 e. The highest BCUT2D eigenvalue weighted by Crippen LogP contribution is 2.32. The van der Waals surface area contributed by atoms with Crippen LogP contribution >= 0.6 is 15.9 Å². The summed E-state index contributed by atoms with van der Waals surface area (Å²) >= 11 is 3.37. The molecule has 0 saturated heterocycles. The van der Waals surface area contributed by atoms with Crippen LogP contribution in [0.3, 0.4) is 0 Å². The Hall–Kier alpha value is -1.30. The molecule has 0 fully saturated rings. The minimum Gasteiger partial charge on any atom is -0.388 e. The van der Waals surface area contributed by atoms with Crippen LogP contribution in [0.15, 0.2) is 40.9 Å². The van der Waals surface area contributed by atoms with Crippen LogP contribution in [0.25, 0.3) is 0 Å². The van der Waals surface area contributed by atoms with Crippen LogP contribution in [0.5, 0.6) is 0 Å². The second-order valence-corrected chi connectivity index (χ2v) is 5.97. The van der Waals surface area contributed by atoms with Crippen molar-refractivity contribution in [2.45, 2.75) is 18.9 Å². The number of aryl methyl sites for hydroxylation is 1. The number of hydrogen-bond acceptors (Lipinski definition) is 2. The fraction of sp³-hybridized carbons (Fsp3) is 0.250. The van der Waals surface area contributed by atoms with Crippen molar-refractivity contribution in [1.82, 2.24) is 0 Å². The zero-order valence-electron chi connectivity index (χ0n) is 11.5. The first kappa shape index (κ1) is 16.1. The van der Waals surface area contributed by atoms with E-state index >= 15 is 0 Å². The van der Waals surface area contributed by atoms with E-state index in [9.17, 15) is 13.9 Å². The molecule has 112 valence electrons. The number of hydrogen-bond donors (Lipinski definition) is 2. The van der Waals surface area contributed by atoms with Crippen LogP contribution in [0.4, 0.5) is 8.78 Å². The molecule has 0 radical (unpaired) electrons. The Morgan fingerprint density at radius 3 is 2.19 bits per heavy atom. The molecule has 0 aliphatic carbocycles. The third-order valence-electron chi connectivity index (χ3n) is 3.35. The fourth-order valence-electron chi connectivity index (χ4n) is 2.40. The Labute approximate surface area is 130 Å². The van der Waals surface area contributed by atoms with Gasteiger partial charge in [0.1, 0.15) is 11.6 Å². The third kappa shape index (κ3) is 3.87. The van der Waals surface area contributed by atoms with Crippen molar-refractivity contribution in [3.05, 3.63) is 69.2 Å². The normalized spacial score (nSPS) is 14.0. The molecule has 2 nitrogen and oxygen atoms in total. The van der Waals surface area contributed by atoms with Crippen LogP contribution in [0.1, 0.15) is 28.7 Å². The van der Waals surface area contributed by atoms with E-state index in [1.807, 2.05) is 19.1 Å². The third-order valence-corrected chi connectivity index (χ3v) is 3.81. The summed E-state index contributed by atoms with van der Waals surface area (Å²) in [6, 6.07) is 8.72. The number of aliphatic hydroxyl groups excluding tert-OH is 1. The molecule has 0 bridgehead atoms. The number of halogens is 3. The van der Waals surface area contributed by atoms with E-state index in [2.05, 4.69) is 15.9 Å². The van der Waals surface area contributed by atoms with E-state index in [-0.39, 0.29) is 6.54 Å². The fourth-order valence-corrected chi connectivity index (χ4v) is 3.03. The number of rotatable bonds is 4. The molecule has 21 heavy (non-hydrogen) atoms. The number of aliphatic hydroxyl groups is 1. The van der Waals surface area contributed by atoms with Gasteiger partial charge in [0.2, 0.25) is 0 Å². The van der Waals surface area contributed by atoms with Crippen molar-refractivity contribution in [2.24, 2.45) is 5.73 Å². The van der Waals surface area contributed by atoms with Crippen molar-refractivity contribution in [1.29, 1.82) is 0 Å². The highest BCUT2D eigenvalue weighted by atomic mass is 79.9. The maximum absolute atomic E-state index is 13.3. The molecule has 0 aliphatic heterocycles. The van der Waals surface area contributed by atoms with Gasteiger partial charge in [0.05, 0.1) is 6.10 Å². The van der Waals surface area contributed by atoms with Gasteiger partial charge in [-0.15, -0.1) is 0 Å². The van der Waals surface area contributed by atoms with Gasteiger partial charge in [-0.25, -0.2) is 8.78 Å². The molecule has 0 aromatic heterocycles. The van der Waals surface area contributed by atoms with Crippen LogP contribution < -0.4 is 5.73 Å². The lowest BCUT2D eigenvalue weighted by Crippen LogP contribution is -2.20. The van der Waals surface area contributed by atoms with Gasteiger partial charge in [-0.05, 0) is 47.9 Å². The van der Waals surface area contributed by atoms with E-state index in [1.165, 1.54) is 12.1 Å². The van der Waals surface area contributed by atoms with E-state index in [1.54, 1.807) is 6.07 Å². The van der Waals surface area contributed by atoms with Crippen LogP contribution in [-0.4, -0.2) is 11.7 Å². The largest absolute Gasteiger partial charge is 0.388 e. The van der Waals surface area contributed by atoms with Gasteiger partial charge in [-0.3, -0.25) is 0 Å². The zero-order valence-corrected chi connectivity index (χ0v) is 13.1. The van der Waals surface area contributed by atoms with Gasteiger partial charge in [0.15, 0.2) is 0 Å². The average molecular weight is 356 g/mol. The second-order valence-electron chi connectivity index (χ2n) is 5.05. The summed E-state index contributed by atoms with van der Waals surface area (Å²) in [6.07, 6.45) is -0.938. The molecule has 0 aliphatic rings. The molecule has 0 heterocycles. The summed E-state index contributed by atoms with van der Waals surface area (Å²) in [5, 5.41) is 10.5. The van der Waals surface area contributed by atoms with Crippen LogP contribution in [-0.2, 0) is 0 Å². The van der Waals surface area contributed by atoms with E-state index in [4.69, 9.17) is 5.73 Å². The summed E-state index contributed by atoms with van der Waals surface area (Å²) in [5.41, 5.74) is 7.68. The summed E-state index contributed by atoms with van der Waals surface area (Å²) in [7, 11) is 0. The monoisotopic (exact) mass is 355 g/mol. The molecule has 2 unspecified atom stereocenters. The molecule has 3 N–H and O–H groups in total. The van der Waals surface area contributed by atoms with Crippen molar-refractivity contribution < 1.29 is 13.9 Å². The minimum atomic E-state index is -0.938. The van der Waals surface area contributed by atoms with Gasteiger partial charge in [0, 0.05) is 23.0 Å². The average Bonchev–Trinajstić information content (AvgIpc) is 2.37. The van der Waals surface area contributed by atoms with Crippen molar-refractivity contribution in [3.8, 4) is 0 Å². The van der Waals surface area contributed by atoms with Gasteiger partial charge in [-0.2, -0.15) is 0 Å². The predicted molar refractivity (Wildman–Crippen MR) is 82.0 cm³/mol. The first-order valence-corrected chi connectivity index (χ1v) is 7.31. The molecule has 5 heteroatoms. The Kier molecular flexibility index (Phi) is 5.08. The van der Waals surface area contributed by atoms with Gasteiger partial charge in [0.25, 0.3) is 0 Å². The van der Waals surface area contributed by atoms with E-state index in [0.29, 0.717) is 11.1 Å². The number of benzene rings is 2. The summed E-state index contributed by atoms with van der Waals surface area (Å²) in [6.45, 7) is 1.98. The molecule has 0 saturated carbocycles. The van der Waals surface area contributed by atoms with Crippen molar-refractivity contribution in [3.63, 3.8) is 0 Å². The Bertz CT molecular complexity index is 608. The maximum Gasteiger partial charge on any atom is 0.126 e. The van der Waals surface area contributed by atoms with E-state index < -0.39 is 23.7 Å². The Morgan fingerprint density at radius 1 is 1.05 bits per heavy atom. The lowest BCUT2D eigenvalue weighted by Gasteiger charge is -2.23. The summed E-state index contributed by atoms with van der Waals surface area (Å²) in [5.74, 6) is -1.94. The SMILES string of the molecule is Cc1cc(Br)cc(C(O)C(CN)c2cc(F)cc(F)c2)c1. The molecule has 2 aromatic carbocycles. The number of nitrogens with two attached hydrogens (primary N) is 1. The molecular formula is C16H16BrF2NO. The first-order chi connectivity index (χ1) is 9.90. The molecule has 0 spiro atoms. The van der Waals surface area contributed by atoms with Crippen molar-refractivity contribution >= 4 is 15.9 Å². The molecule has 2 atom stereocenters. The highest BCUT2D eigenvalue weighted by molar-refractivity contribution is 9.10. The molecular weight excluding hydrogens is 340 g/mol. The van der Waals surface area contributed by atoms with Crippen LogP contribution in [0.2, 0.25) is 0 Å². The minimum absolute atomic E-state index is 0.0790. The highest BCUT2D eigenvalue weighted by Gasteiger charge is 2.23. The Morgan fingerprint density at radius 2 is 1.67 bits per heavy atom. The quantitative estimate of drug-likeness (QED) is 0.875. The maximum atomic E-state index is 13.3. The summed E-state index contributed by atoms with van der Waals surface area (Å²) < 4.78 is 27.5. The standard InChI is InChI=1S/C16H16BrF2NO/c1-9-2-11(4-12(17)3-9)16(21)15(8-20)10-5-13(18)7-14(19)6-10/h2-7,15-16,21H,8,20H2,1H3. The summed E-state index contributed by atoms with van der Waals surface area (Å²) in [4.78, 5) is 0. The van der Waals surface area contributed by atoms with E-state index in [0.717, 1.165) is 16.1 Å². The molecule has 2 aromatic rings. The van der Waals surface area contributed by atoms with Gasteiger partial charge in [-0.1, -0.05) is 22.0 Å². The zero-order chi connectivity index (χ0) is 15.6. The Balaban J connectivity index is 2.40. The lowest BCUT2D eigenvalue weighted by molar-refractivity contribution is 0.147. The second kappa shape index (κ2) is 6.64. The molecule has 0 amide bonds. The molecule has 2 rings (SSSR count). The predicted octanol–water partition coefficient (Wildman–Crippen LogP) is 3.81. The first-order valence-electron chi connectivity index (χ1n) is 6.52.